The highest BCUT2D eigenvalue weighted by Crippen LogP contribution is 2.36. The molecular formula is C18H6ClF7. The van der Waals surface area contributed by atoms with Crippen molar-refractivity contribution in [2.24, 2.45) is 0 Å². The SMILES string of the molecule is Fc1cc(-c2cc(F)c(-c3ccc(F)c(F)c3F)c(F)c2F)ccc1Cl. The molecule has 0 aliphatic rings. The number of benzene rings is 3. The van der Waals surface area contributed by atoms with Crippen molar-refractivity contribution in [3.05, 3.63) is 82.1 Å². The van der Waals surface area contributed by atoms with Crippen molar-refractivity contribution in [2.45, 2.75) is 0 Å². The van der Waals surface area contributed by atoms with Gasteiger partial charge in [0.05, 0.1) is 10.6 Å². The summed E-state index contributed by atoms with van der Waals surface area (Å²) in [7, 11) is 0. The molecule has 3 aromatic carbocycles. The van der Waals surface area contributed by atoms with E-state index in [0.717, 1.165) is 18.2 Å². The fourth-order valence-corrected chi connectivity index (χ4v) is 2.55. The molecule has 0 aromatic heterocycles. The monoisotopic (exact) mass is 390 g/mol. The summed E-state index contributed by atoms with van der Waals surface area (Å²) in [6, 6.07) is 4.48. The lowest BCUT2D eigenvalue weighted by molar-refractivity contribution is 0.447. The minimum Gasteiger partial charge on any atom is -0.206 e. The van der Waals surface area contributed by atoms with Gasteiger partial charge in [0.2, 0.25) is 0 Å². The molecule has 0 fully saturated rings. The molecule has 0 amide bonds. The van der Waals surface area contributed by atoms with Crippen LogP contribution in [0.15, 0.2) is 36.4 Å². The largest absolute Gasteiger partial charge is 0.206 e. The van der Waals surface area contributed by atoms with Crippen molar-refractivity contribution in [2.75, 3.05) is 0 Å². The summed E-state index contributed by atoms with van der Waals surface area (Å²) in [5.41, 5.74) is -3.08. The van der Waals surface area contributed by atoms with E-state index in [2.05, 4.69) is 0 Å². The fourth-order valence-electron chi connectivity index (χ4n) is 2.43. The van der Waals surface area contributed by atoms with Crippen molar-refractivity contribution in [3.8, 4) is 22.3 Å². The van der Waals surface area contributed by atoms with Gasteiger partial charge in [0.25, 0.3) is 0 Å². The predicted octanol–water partition coefficient (Wildman–Crippen LogP) is 6.65. The Bertz CT molecular complexity index is 1030. The van der Waals surface area contributed by atoms with Gasteiger partial charge >= 0.3 is 0 Å². The summed E-state index contributed by atoms with van der Waals surface area (Å²) in [5.74, 6) is -11.2. The van der Waals surface area contributed by atoms with Gasteiger partial charge in [-0.2, -0.15) is 0 Å². The second-order valence-corrected chi connectivity index (χ2v) is 5.67. The number of halogens is 8. The lowest BCUT2D eigenvalue weighted by Gasteiger charge is -2.12. The number of hydrogen-bond donors (Lipinski definition) is 0. The number of rotatable bonds is 2. The third-order valence-corrected chi connectivity index (χ3v) is 4.00. The molecule has 0 N–H and O–H groups in total. The Morgan fingerprint density at radius 3 is 1.85 bits per heavy atom. The first-order chi connectivity index (χ1) is 12.2. The van der Waals surface area contributed by atoms with Crippen LogP contribution in [0.25, 0.3) is 22.3 Å². The van der Waals surface area contributed by atoms with E-state index in [1.54, 1.807) is 0 Å². The second kappa shape index (κ2) is 6.64. The quantitative estimate of drug-likeness (QED) is 0.261. The van der Waals surface area contributed by atoms with Gasteiger partial charge in [-0.3, -0.25) is 0 Å². The summed E-state index contributed by atoms with van der Waals surface area (Å²) in [6.45, 7) is 0. The van der Waals surface area contributed by atoms with E-state index in [0.29, 0.717) is 18.2 Å². The maximum Gasteiger partial charge on any atom is 0.195 e. The van der Waals surface area contributed by atoms with E-state index in [-0.39, 0.29) is 10.6 Å². The Hall–Kier alpha value is -2.54. The summed E-state index contributed by atoms with van der Waals surface area (Å²) < 4.78 is 96.7. The van der Waals surface area contributed by atoms with E-state index in [1.807, 2.05) is 0 Å². The second-order valence-electron chi connectivity index (χ2n) is 5.26. The van der Waals surface area contributed by atoms with Crippen LogP contribution in [0.4, 0.5) is 30.7 Å². The van der Waals surface area contributed by atoms with Gasteiger partial charge in [-0.05, 0) is 35.9 Å². The van der Waals surface area contributed by atoms with Crippen LogP contribution in [0.3, 0.4) is 0 Å². The molecule has 8 heteroatoms. The smallest absolute Gasteiger partial charge is 0.195 e. The van der Waals surface area contributed by atoms with E-state index in [1.165, 1.54) is 0 Å². The number of hydrogen-bond acceptors (Lipinski definition) is 0. The Balaban J connectivity index is 2.24. The van der Waals surface area contributed by atoms with E-state index >= 15 is 0 Å². The van der Waals surface area contributed by atoms with Crippen LogP contribution in [0.1, 0.15) is 0 Å². The first-order valence-corrected chi connectivity index (χ1v) is 7.37. The first-order valence-electron chi connectivity index (χ1n) is 6.99. The molecule has 0 aliphatic carbocycles. The van der Waals surface area contributed by atoms with Gasteiger partial charge in [0.15, 0.2) is 29.1 Å². The van der Waals surface area contributed by atoms with Crippen molar-refractivity contribution >= 4 is 11.6 Å². The minimum absolute atomic E-state index is 0.223. The van der Waals surface area contributed by atoms with Crippen LogP contribution in [-0.2, 0) is 0 Å². The highest BCUT2D eigenvalue weighted by molar-refractivity contribution is 6.30. The zero-order valence-electron chi connectivity index (χ0n) is 12.5. The van der Waals surface area contributed by atoms with E-state index in [9.17, 15) is 30.7 Å². The van der Waals surface area contributed by atoms with Gasteiger partial charge in [0, 0.05) is 11.1 Å². The van der Waals surface area contributed by atoms with E-state index in [4.69, 9.17) is 11.6 Å². The Morgan fingerprint density at radius 2 is 1.19 bits per heavy atom. The standard InChI is InChI=1S/C18H6ClF7/c19-10-3-1-7(5-12(10)21)9-6-13(22)14(18(26)16(9)24)8-2-4-11(20)17(25)15(8)23/h1-6H. The molecule has 26 heavy (non-hydrogen) atoms. The molecule has 0 heterocycles. The lowest BCUT2D eigenvalue weighted by atomic mass is 9.97. The first kappa shape index (κ1) is 18.3. The molecular weight excluding hydrogens is 385 g/mol. The van der Waals surface area contributed by atoms with Crippen LogP contribution in [0, 0.1) is 40.7 Å². The zero-order chi connectivity index (χ0) is 19.2. The molecule has 3 aromatic rings. The molecule has 134 valence electrons. The molecule has 0 saturated heterocycles. The molecule has 0 spiro atoms. The average molecular weight is 391 g/mol. The normalized spacial score (nSPS) is 11.1. The zero-order valence-corrected chi connectivity index (χ0v) is 13.2. The van der Waals surface area contributed by atoms with Gasteiger partial charge < -0.3 is 0 Å². The molecule has 0 atom stereocenters. The van der Waals surface area contributed by atoms with Crippen LogP contribution < -0.4 is 0 Å². The van der Waals surface area contributed by atoms with Crippen molar-refractivity contribution in [1.29, 1.82) is 0 Å². The van der Waals surface area contributed by atoms with Crippen LogP contribution in [0.5, 0.6) is 0 Å². The average Bonchev–Trinajstić information content (AvgIpc) is 2.60. The van der Waals surface area contributed by atoms with Gasteiger partial charge in [-0.25, -0.2) is 30.7 Å². The molecule has 0 saturated carbocycles. The molecule has 0 nitrogen and oxygen atoms in total. The maximum absolute atomic E-state index is 14.4. The highest BCUT2D eigenvalue weighted by Gasteiger charge is 2.25. The topological polar surface area (TPSA) is 0 Å². The van der Waals surface area contributed by atoms with Crippen molar-refractivity contribution < 1.29 is 30.7 Å². The maximum atomic E-state index is 14.4. The van der Waals surface area contributed by atoms with Crippen LogP contribution in [-0.4, -0.2) is 0 Å². The summed E-state index contributed by atoms with van der Waals surface area (Å²) in [6.07, 6.45) is 0. The van der Waals surface area contributed by atoms with Gasteiger partial charge in [0.1, 0.15) is 11.6 Å². The molecule has 3 rings (SSSR count). The van der Waals surface area contributed by atoms with Gasteiger partial charge in [-0.1, -0.05) is 17.7 Å². The van der Waals surface area contributed by atoms with E-state index < -0.39 is 57.4 Å². The molecule has 0 unspecified atom stereocenters. The molecule has 0 aliphatic heterocycles. The fraction of sp³-hybridized carbons (Fsp3) is 0. The minimum atomic E-state index is -1.95. The van der Waals surface area contributed by atoms with Crippen LogP contribution >= 0.6 is 11.6 Å². The summed E-state index contributed by atoms with van der Waals surface area (Å²) in [4.78, 5) is 0. The highest BCUT2D eigenvalue weighted by atomic mass is 35.5. The summed E-state index contributed by atoms with van der Waals surface area (Å²) in [5, 5.41) is -0.282. The Labute approximate surface area is 147 Å². The Kier molecular flexibility index (Phi) is 4.66. The molecule has 0 bridgehead atoms. The predicted molar refractivity (Wildman–Crippen MR) is 82.0 cm³/mol. The summed E-state index contributed by atoms with van der Waals surface area (Å²) >= 11 is 5.50. The lowest BCUT2D eigenvalue weighted by Crippen LogP contribution is -2.02. The Morgan fingerprint density at radius 1 is 0.538 bits per heavy atom. The van der Waals surface area contributed by atoms with Crippen molar-refractivity contribution in [1.82, 2.24) is 0 Å². The van der Waals surface area contributed by atoms with Crippen LogP contribution in [0.2, 0.25) is 5.02 Å². The third-order valence-electron chi connectivity index (χ3n) is 3.69. The molecule has 0 radical (unpaired) electrons. The van der Waals surface area contributed by atoms with Gasteiger partial charge in [-0.15, -0.1) is 0 Å². The third kappa shape index (κ3) is 2.92. The van der Waals surface area contributed by atoms with Crippen molar-refractivity contribution in [3.63, 3.8) is 0 Å².